The molecule has 1 aliphatic heterocycles. The zero-order valence-corrected chi connectivity index (χ0v) is 19.7. The minimum atomic E-state index is -4.78. The minimum Gasteiger partial charge on any atom is -0.462 e. The van der Waals surface area contributed by atoms with Crippen LogP contribution in [-0.2, 0) is 15.7 Å². The van der Waals surface area contributed by atoms with Gasteiger partial charge in [-0.05, 0) is 56.2 Å². The SMILES string of the molecule is CC(C)COC(=O)c1ccc([SH]2NN(c3ccc(C#N)c(C(F)(F)F)c3)C(=O)C2(C)C)cc1F. The average Bonchev–Trinajstić information content (AvgIpc) is 3.00. The largest absolute Gasteiger partial charge is 0.462 e. The van der Waals surface area contributed by atoms with E-state index in [9.17, 15) is 27.2 Å². The van der Waals surface area contributed by atoms with E-state index < -0.39 is 50.8 Å². The lowest BCUT2D eigenvalue weighted by Crippen LogP contribution is -2.38. The van der Waals surface area contributed by atoms with Crippen LogP contribution in [0.3, 0.4) is 0 Å². The number of nitriles is 1. The third-order valence-electron chi connectivity index (χ3n) is 5.15. The summed E-state index contributed by atoms with van der Waals surface area (Å²) in [5.41, 5.74) is -2.07. The fourth-order valence-corrected chi connectivity index (χ4v) is 5.50. The Hall–Kier alpha value is -3.10. The Morgan fingerprint density at radius 1 is 1.24 bits per heavy atom. The number of hydrogen-bond donors (Lipinski definition) is 2. The number of carbonyl (C=O) groups excluding carboxylic acids is 2. The Bertz CT molecular complexity index is 1180. The number of ether oxygens (including phenoxy) is 1. The van der Waals surface area contributed by atoms with E-state index in [1.807, 2.05) is 13.8 Å². The van der Waals surface area contributed by atoms with Gasteiger partial charge in [0.2, 0.25) is 0 Å². The molecule has 1 amide bonds. The molecule has 1 atom stereocenters. The van der Waals surface area contributed by atoms with Crippen LogP contribution in [0.2, 0.25) is 0 Å². The first-order valence-electron chi connectivity index (χ1n) is 10.3. The molecule has 2 aromatic carbocycles. The number of alkyl halides is 3. The Morgan fingerprint density at radius 3 is 2.47 bits per heavy atom. The molecule has 0 bridgehead atoms. The van der Waals surface area contributed by atoms with Gasteiger partial charge in [-0.25, -0.2) is 14.2 Å². The first kappa shape index (κ1) is 25.5. The molecule has 1 N–H and O–H groups in total. The van der Waals surface area contributed by atoms with Gasteiger partial charge in [-0.15, -0.1) is 11.1 Å². The lowest BCUT2D eigenvalue weighted by Gasteiger charge is -2.27. The number of anilines is 1. The molecule has 1 saturated heterocycles. The lowest BCUT2D eigenvalue weighted by molar-refractivity contribution is -0.137. The second-order valence-corrected chi connectivity index (χ2v) is 11.1. The van der Waals surface area contributed by atoms with Crippen LogP contribution < -0.4 is 9.84 Å². The Labute approximate surface area is 196 Å². The second kappa shape index (κ2) is 9.27. The van der Waals surface area contributed by atoms with Crippen molar-refractivity contribution in [3.63, 3.8) is 0 Å². The van der Waals surface area contributed by atoms with Crippen molar-refractivity contribution >= 4 is 28.6 Å². The van der Waals surface area contributed by atoms with Crippen molar-refractivity contribution < 1.29 is 31.9 Å². The molecule has 3 rings (SSSR count). The fraction of sp³-hybridized carbons (Fsp3) is 0.348. The van der Waals surface area contributed by atoms with Crippen molar-refractivity contribution in [3.8, 4) is 6.07 Å². The van der Waals surface area contributed by atoms with Crippen LogP contribution >= 0.6 is 11.1 Å². The molecule has 1 unspecified atom stereocenters. The maximum atomic E-state index is 14.7. The van der Waals surface area contributed by atoms with E-state index in [0.29, 0.717) is 4.90 Å². The van der Waals surface area contributed by atoms with E-state index in [1.54, 1.807) is 13.8 Å². The van der Waals surface area contributed by atoms with E-state index >= 15 is 0 Å². The van der Waals surface area contributed by atoms with E-state index in [0.717, 1.165) is 23.2 Å². The van der Waals surface area contributed by atoms with Crippen molar-refractivity contribution in [3.05, 3.63) is 58.9 Å². The van der Waals surface area contributed by atoms with Gasteiger partial charge in [0.1, 0.15) is 5.82 Å². The van der Waals surface area contributed by atoms with Gasteiger partial charge in [-0.1, -0.05) is 13.8 Å². The number of amides is 1. The number of halogens is 4. The molecule has 0 saturated carbocycles. The maximum absolute atomic E-state index is 14.7. The topological polar surface area (TPSA) is 82.4 Å². The summed E-state index contributed by atoms with van der Waals surface area (Å²) in [4.78, 5) is 28.5. The number of hydrazine groups is 1. The highest BCUT2D eigenvalue weighted by atomic mass is 32.2. The van der Waals surface area contributed by atoms with Gasteiger partial charge >= 0.3 is 12.1 Å². The Balaban J connectivity index is 1.93. The Kier molecular flexibility index (Phi) is 6.96. The second-order valence-electron chi connectivity index (χ2n) is 8.63. The quantitative estimate of drug-likeness (QED) is 0.340. The number of nitrogens with one attached hydrogen (secondary N) is 1. The highest BCUT2D eigenvalue weighted by Crippen LogP contribution is 2.51. The van der Waals surface area contributed by atoms with Gasteiger partial charge < -0.3 is 4.74 Å². The molecule has 1 heterocycles. The highest BCUT2D eigenvalue weighted by molar-refractivity contribution is 8.17. The highest BCUT2D eigenvalue weighted by Gasteiger charge is 2.47. The third-order valence-corrected chi connectivity index (χ3v) is 7.66. The number of carbonyl (C=O) groups is 2. The molecule has 1 aliphatic rings. The number of benzene rings is 2. The molecular weight excluding hydrogens is 474 g/mol. The van der Waals surface area contributed by atoms with E-state index in [4.69, 9.17) is 10.00 Å². The maximum Gasteiger partial charge on any atom is 0.417 e. The van der Waals surface area contributed by atoms with Crippen LogP contribution in [0.25, 0.3) is 0 Å². The molecular formula is C23H23F4N3O3S. The molecule has 6 nitrogen and oxygen atoms in total. The van der Waals surface area contributed by atoms with Crippen LogP contribution in [0.4, 0.5) is 23.2 Å². The number of esters is 1. The number of hydrogen-bond acceptors (Lipinski definition) is 5. The Morgan fingerprint density at radius 2 is 1.91 bits per heavy atom. The minimum absolute atomic E-state index is 0.0790. The molecule has 1 fully saturated rings. The predicted octanol–water partition coefficient (Wildman–Crippen LogP) is 5.13. The zero-order valence-electron chi connectivity index (χ0n) is 18.8. The average molecular weight is 498 g/mol. The number of nitrogens with zero attached hydrogens (tertiary/aromatic N) is 2. The summed E-state index contributed by atoms with van der Waals surface area (Å²) in [5, 5.41) is 9.99. The summed E-state index contributed by atoms with van der Waals surface area (Å²) >= 11 is -1.61. The van der Waals surface area contributed by atoms with Gasteiger partial charge in [0.05, 0.1) is 39.8 Å². The molecule has 0 spiro atoms. The first-order valence-corrected chi connectivity index (χ1v) is 11.6. The van der Waals surface area contributed by atoms with Crippen LogP contribution in [0.5, 0.6) is 0 Å². The molecule has 182 valence electrons. The van der Waals surface area contributed by atoms with Gasteiger partial charge in [0.15, 0.2) is 0 Å². The van der Waals surface area contributed by atoms with E-state index in [-0.39, 0.29) is 23.8 Å². The smallest absolute Gasteiger partial charge is 0.417 e. The summed E-state index contributed by atoms with van der Waals surface area (Å²) in [5.74, 6) is -2.07. The van der Waals surface area contributed by atoms with Gasteiger partial charge in [-0.3, -0.25) is 4.79 Å². The summed E-state index contributed by atoms with van der Waals surface area (Å²) in [6, 6.07) is 8.35. The molecule has 0 aromatic heterocycles. The third kappa shape index (κ3) is 4.88. The monoisotopic (exact) mass is 497 g/mol. The van der Waals surface area contributed by atoms with Crippen molar-refractivity contribution in [1.82, 2.24) is 4.83 Å². The fourth-order valence-electron chi connectivity index (χ4n) is 3.33. The lowest BCUT2D eigenvalue weighted by atomic mass is 10.1. The van der Waals surface area contributed by atoms with Crippen molar-refractivity contribution in [2.24, 2.45) is 5.92 Å². The predicted molar refractivity (Wildman–Crippen MR) is 120 cm³/mol. The zero-order chi connectivity index (χ0) is 25.4. The molecule has 11 heteroatoms. The van der Waals surface area contributed by atoms with Crippen LogP contribution in [0.1, 0.15) is 49.2 Å². The summed E-state index contributed by atoms with van der Waals surface area (Å²) in [6.45, 7) is 7.03. The van der Waals surface area contributed by atoms with Gasteiger partial charge in [-0.2, -0.15) is 23.3 Å². The normalized spacial score (nSPS) is 18.8. The molecule has 34 heavy (non-hydrogen) atoms. The van der Waals surface area contributed by atoms with Gasteiger partial charge in [0.25, 0.3) is 5.91 Å². The van der Waals surface area contributed by atoms with Crippen molar-refractivity contribution in [1.29, 1.82) is 5.26 Å². The molecule has 2 aromatic rings. The van der Waals surface area contributed by atoms with E-state index in [2.05, 4.69) is 4.83 Å². The summed E-state index contributed by atoms with van der Waals surface area (Å²) < 4.78 is 58.9. The van der Waals surface area contributed by atoms with Crippen LogP contribution in [0, 0.1) is 23.1 Å². The van der Waals surface area contributed by atoms with Crippen molar-refractivity contribution in [2.75, 3.05) is 11.6 Å². The van der Waals surface area contributed by atoms with Crippen LogP contribution in [0.15, 0.2) is 41.3 Å². The first-order chi connectivity index (χ1) is 15.8. The van der Waals surface area contributed by atoms with Crippen LogP contribution in [-0.4, -0.2) is 23.2 Å². The number of thiol groups is 1. The number of rotatable bonds is 5. The standard InChI is InChI=1S/C23H23F4N3O3S/c1-13(2)12-33-20(31)17-8-7-16(10-19(17)24)34-22(3,4)21(32)30(29-34)15-6-5-14(11-28)18(9-15)23(25,26)27/h5-10,13,29,34H,12H2,1-4H3. The van der Waals surface area contributed by atoms with E-state index in [1.165, 1.54) is 24.3 Å². The van der Waals surface area contributed by atoms with Gasteiger partial charge in [0, 0.05) is 4.90 Å². The summed E-state index contributed by atoms with van der Waals surface area (Å²) in [7, 11) is 0. The molecule has 0 radical (unpaired) electrons. The molecule has 0 aliphatic carbocycles. The summed E-state index contributed by atoms with van der Waals surface area (Å²) in [6.07, 6.45) is -4.78. The van der Waals surface area contributed by atoms with Crippen molar-refractivity contribution in [2.45, 2.75) is 43.5 Å².